The lowest BCUT2D eigenvalue weighted by Gasteiger charge is -2.14. The number of aryl methyl sites for hydroxylation is 1. The average Bonchev–Trinajstić information content (AvgIpc) is 3.28. The number of amides is 2. The number of carbonyl (C=O) groups excluding carboxylic acids is 2. The minimum Gasteiger partial charge on any atom is -0.376 e. The number of ether oxygens (including phenoxy) is 1. The van der Waals surface area contributed by atoms with Crippen LogP contribution >= 0.6 is 0 Å². The smallest absolute Gasteiger partial charge is 0.276 e. The van der Waals surface area contributed by atoms with Crippen molar-refractivity contribution in [1.82, 2.24) is 15.1 Å². The monoisotopic (exact) mass is 406 g/mol. The SMILES string of the molecule is Cn1nc(C(=O)Nc2ccccc2C(=O)NCC2CCCO2)c2ccccc2c1=O. The molecule has 4 rings (SSSR count). The Bertz CT molecular complexity index is 1170. The van der Waals surface area contributed by atoms with E-state index in [0.29, 0.717) is 35.2 Å². The van der Waals surface area contributed by atoms with Gasteiger partial charge in [-0.3, -0.25) is 14.4 Å². The van der Waals surface area contributed by atoms with Crippen molar-refractivity contribution < 1.29 is 14.3 Å². The molecule has 1 unspecified atom stereocenters. The Morgan fingerprint density at radius 3 is 2.60 bits per heavy atom. The second-order valence-corrected chi connectivity index (χ2v) is 7.17. The molecule has 1 atom stereocenters. The zero-order chi connectivity index (χ0) is 21.1. The highest BCUT2D eigenvalue weighted by Gasteiger charge is 2.20. The molecule has 8 heteroatoms. The van der Waals surface area contributed by atoms with Crippen molar-refractivity contribution in [3.8, 4) is 0 Å². The standard InChI is InChI=1S/C22H22N4O4/c1-26-22(29)16-9-3-2-8-15(16)19(25-26)21(28)24-18-11-5-4-10-17(18)20(27)23-13-14-7-6-12-30-14/h2-5,8-11,14H,6-7,12-13H2,1H3,(H,23,27)(H,24,28). The fraction of sp³-hybridized carbons (Fsp3) is 0.273. The number of nitrogens with zero attached hydrogens (tertiary/aromatic N) is 2. The van der Waals surface area contributed by atoms with E-state index in [1.54, 1.807) is 48.5 Å². The third kappa shape index (κ3) is 3.95. The van der Waals surface area contributed by atoms with Gasteiger partial charge in [-0.1, -0.05) is 30.3 Å². The molecule has 0 spiro atoms. The third-order valence-electron chi connectivity index (χ3n) is 5.11. The van der Waals surface area contributed by atoms with Crippen molar-refractivity contribution in [3.05, 3.63) is 70.1 Å². The highest BCUT2D eigenvalue weighted by Crippen LogP contribution is 2.19. The van der Waals surface area contributed by atoms with Gasteiger partial charge in [-0.25, -0.2) is 4.68 Å². The fourth-order valence-electron chi connectivity index (χ4n) is 3.55. The Morgan fingerprint density at radius 1 is 1.10 bits per heavy atom. The number of nitrogens with one attached hydrogen (secondary N) is 2. The summed E-state index contributed by atoms with van der Waals surface area (Å²) in [4.78, 5) is 38.0. The van der Waals surface area contributed by atoms with E-state index < -0.39 is 5.91 Å². The summed E-state index contributed by atoms with van der Waals surface area (Å²) in [7, 11) is 1.50. The molecule has 0 bridgehead atoms. The number of benzene rings is 2. The summed E-state index contributed by atoms with van der Waals surface area (Å²) in [6.07, 6.45) is 1.94. The van der Waals surface area contributed by atoms with Crippen LogP contribution < -0.4 is 16.2 Å². The molecule has 2 N–H and O–H groups in total. The third-order valence-corrected chi connectivity index (χ3v) is 5.11. The van der Waals surface area contributed by atoms with Crippen LogP contribution in [0.4, 0.5) is 5.69 Å². The molecule has 0 aliphatic carbocycles. The minimum atomic E-state index is -0.499. The molecule has 0 radical (unpaired) electrons. The summed E-state index contributed by atoms with van der Waals surface area (Å²) in [6, 6.07) is 13.6. The van der Waals surface area contributed by atoms with Gasteiger partial charge in [0.25, 0.3) is 17.4 Å². The summed E-state index contributed by atoms with van der Waals surface area (Å²) in [5, 5.41) is 10.6. The summed E-state index contributed by atoms with van der Waals surface area (Å²) in [5.41, 5.74) is 0.545. The van der Waals surface area contributed by atoms with Gasteiger partial charge in [0.1, 0.15) is 0 Å². The highest BCUT2D eigenvalue weighted by atomic mass is 16.5. The molecule has 2 aromatic carbocycles. The maximum Gasteiger partial charge on any atom is 0.276 e. The molecule has 2 heterocycles. The number of aromatic nitrogens is 2. The zero-order valence-corrected chi connectivity index (χ0v) is 16.6. The predicted molar refractivity (Wildman–Crippen MR) is 113 cm³/mol. The van der Waals surface area contributed by atoms with Gasteiger partial charge in [0.15, 0.2) is 5.69 Å². The Hall–Kier alpha value is -3.52. The number of para-hydroxylation sites is 1. The predicted octanol–water partition coefficient (Wildman–Crippen LogP) is 2.09. The van der Waals surface area contributed by atoms with Gasteiger partial charge in [-0.15, -0.1) is 0 Å². The lowest BCUT2D eigenvalue weighted by molar-refractivity contribution is 0.0858. The summed E-state index contributed by atoms with van der Waals surface area (Å²) in [6.45, 7) is 1.14. The molecule has 154 valence electrons. The molecule has 1 saturated heterocycles. The van der Waals surface area contributed by atoms with E-state index in [2.05, 4.69) is 15.7 Å². The van der Waals surface area contributed by atoms with E-state index in [4.69, 9.17) is 4.74 Å². The molecule has 1 aliphatic rings. The number of hydrogen-bond acceptors (Lipinski definition) is 5. The topological polar surface area (TPSA) is 102 Å². The van der Waals surface area contributed by atoms with Crippen molar-refractivity contribution in [2.75, 3.05) is 18.5 Å². The van der Waals surface area contributed by atoms with Crippen LogP contribution in [0.25, 0.3) is 10.8 Å². The van der Waals surface area contributed by atoms with Crippen molar-refractivity contribution in [2.24, 2.45) is 7.05 Å². The van der Waals surface area contributed by atoms with Crippen LogP contribution in [0.2, 0.25) is 0 Å². The maximum absolute atomic E-state index is 13.0. The molecule has 1 aliphatic heterocycles. The molecule has 1 aromatic heterocycles. The second-order valence-electron chi connectivity index (χ2n) is 7.17. The maximum atomic E-state index is 13.0. The van der Waals surface area contributed by atoms with Crippen LogP contribution in [0.1, 0.15) is 33.7 Å². The van der Waals surface area contributed by atoms with Crippen molar-refractivity contribution in [3.63, 3.8) is 0 Å². The zero-order valence-electron chi connectivity index (χ0n) is 16.6. The number of rotatable bonds is 5. The first-order valence-corrected chi connectivity index (χ1v) is 9.81. The van der Waals surface area contributed by atoms with Gasteiger partial charge in [0, 0.05) is 25.6 Å². The molecule has 3 aromatic rings. The molecular weight excluding hydrogens is 384 g/mol. The molecule has 1 fully saturated rings. The first kappa shape index (κ1) is 19.8. The van der Waals surface area contributed by atoms with E-state index in [1.807, 2.05) is 0 Å². The fourth-order valence-corrected chi connectivity index (χ4v) is 3.55. The van der Waals surface area contributed by atoms with Crippen LogP contribution in [0.3, 0.4) is 0 Å². The quantitative estimate of drug-likeness (QED) is 0.676. The summed E-state index contributed by atoms with van der Waals surface area (Å²) in [5.74, 6) is -0.791. The normalized spacial score (nSPS) is 15.8. The van der Waals surface area contributed by atoms with E-state index in [9.17, 15) is 14.4 Å². The van der Waals surface area contributed by atoms with E-state index >= 15 is 0 Å². The van der Waals surface area contributed by atoms with E-state index in [-0.39, 0.29) is 23.3 Å². The Morgan fingerprint density at radius 2 is 1.83 bits per heavy atom. The van der Waals surface area contributed by atoms with E-state index in [1.165, 1.54) is 7.05 Å². The van der Waals surface area contributed by atoms with Crippen LogP contribution in [-0.4, -0.2) is 40.9 Å². The largest absolute Gasteiger partial charge is 0.376 e. The van der Waals surface area contributed by atoms with Crippen molar-refractivity contribution >= 4 is 28.3 Å². The lowest BCUT2D eigenvalue weighted by Crippen LogP contribution is -2.32. The van der Waals surface area contributed by atoms with Gasteiger partial charge < -0.3 is 15.4 Å². The number of anilines is 1. The molecule has 2 amide bonds. The van der Waals surface area contributed by atoms with Gasteiger partial charge >= 0.3 is 0 Å². The number of fused-ring (bicyclic) bond motifs is 1. The molecule has 8 nitrogen and oxygen atoms in total. The van der Waals surface area contributed by atoms with Gasteiger partial charge in [-0.05, 0) is 31.0 Å². The highest BCUT2D eigenvalue weighted by molar-refractivity contribution is 6.13. The average molecular weight is 406 g/mol. The summed E-state index contributed by atoms with van der Waals surface area (Å²) >= 11 is 0. The Kier molecular flexibility index (Phi) is 5.58. The summed E-state index contributed by atoms with van der Waals surface area (Å²) < 4.78 is 6.67. The minimum absolute atomic E-state index is 0.0249. The Balaban J connectivity index is 1.59. The Labute approximate surface area is 172 Å². The van der Waals surface area contributed by atoms with Crippen LogP contribution in [-0.2, 0) is 11.8 Å². The van der Waals surface area contributed by atoms with Crippen LogP contribution in [0.15, 0.2) is 53.3 Å². The first-order valence-electron chi connectivity index (χ1n) is 9.81. The van der Waals surface area contributed by atoms with Crippen molar-refractivity contribution in [2.45, 2.75) is 18.9 Å². The second kappa shape index (κ2) is 8.46. The van der Waals surface area contributed by atoms with E-state index in [0.717, 1.165) is 17.5 Å². The van der Waals surface area contributed by atoms with Crippen LogP contribution in [0, 0.1) is 0 Å². The molecule has 0 saturated carbocycles. The van der Waals surface area contributed by atoms with Gasteiger partial charge in [0.05, 0.1) is 22.7 Å². The first-order chi connectivity index (χ1) is 14.5. The lowest BCUT2D eigenvalue weighted by atomic mass is 10.1. The van der Waals surface area contributed by atoms with Crippen LogP contribution in [0.5, 0.6) is 0 Å². The number of carbonyl (C=O) groups is 2. The number of hydrogen-bond donors (Lipinski definition) is 2. The molecule has 30 heavy (non-hydrogen) atoms. The van der Waals surface area contributed by atoms with Crippen molar-refractivity contribution in [1.29, 1.82) is 0 Å². The molecular formula is C22H22N4O4. The van der Waals surface area contributed by atoms with Gasteiger partial charge in [0.2, 0.25) is 0 Å². The van der Waals surface area contributed by atoms with Gasteiger partial charge in [-0.2, -0.15) is 5.10 Å².